The van der Waals surface area contributed by atoms with Crippen LogP contribution in [0.25, 0.3) is 0 Å². The van der Waals surface area contributed by atoms with Gasteiger partial charge in [0.1, 0.15) is 13.2 Å². The first kappa shape index (κ1) is 21.7. The molecule has 2 rings (SSSR count). The zero-order chi connectivity index (χ0) is 20.9. The van der Waals surface area contributed by atoms with Gasteiger partial charge in [0, 0.05) is 0 Å². The number of hydrogen-bond donors (Lipinski definition) is 0. The van der Waals surface area contributed by atoms with Crippen LogP contribution in [0.2, 0.25) is 0 Å². The minimum atomic E-state index is -0.425. The van der Waals surface area contributed by atoms with Gasteiger partial charge in [0.15, 0.2) is 0 Å². The van der Waals surface area contributed by atoms with Crippen LogP contribution in [-0.4, -0.2) is 25.2 Å². The summed E-state index contributed by atoms with van der Waals surface area (Å²) >= 11 is 0. The minimum absolute atomic E-state index is 0.0195. The lowest BCUT2D eigenvalue weighted by Crippen LogP contribution is -2.15. The van der Waals surface area contributed by atoms with Crippen molar-refractivity contribution in [3.05, 3.63) is 70.8 Å². The number of rotatable bonds is 5. The van der Waals surface area contributed by atoms with Crippen LogP contribution in [-0.2, 0) is 20.3 Å². The van der Waals surface area contributed by atoms with Crippen LogP contribution in [0.5, 0.6) is 0 Å². The average molecular weight is 383 g/mol. The second-order valence-corrected chi connectivity index (χ2v) is 8.93. The molecule has 0 radical (unpaired) electrons. The van der Waals surface area contributed by atoms with E-state index in [1.54, 1.807) is 24.3 Å². The van der Waals surface area contributed by atoms with Gasteiger partial charge in [-0.2, -0.15) is 0 Å². The molecule has 0 heterocycles. The Morgan fingerprint density at radius 3 is 1.14 bits per heavy atom. The Balaban J connectivity index is 1.80. The van der Waals surface area contributed by atoms with Gasteiger partial charge >= 0.3 is 11.9 Å². The van der Waals surface area contributed by atoms with E-state index in [4.69, 9.17) is 9.47 Å². The lowest BCUT2D eigenvalue weighted by molar-refractivity contribution is 0.0265. The fourth-order valence-electron chi connectivity index (χ4n) is 2.65. The molecule has 0 spiro atoms. The van der Waals surface area contributed by atoms with Crippen LogP contribution in [0, 0.1) is 0 Å². The molecule has 4 heteroatoms. The largest absolute Gasteiger partial charge is 0.458 e. The fraction of sp³-hybridized carbons (Fsp3) is 0.417. The van der Waals surface area contributed by atoms with Crippen LogP contribution in [0.1, 0.15) is 73.4 Å². The van der Waals surface area contributed by atoms with E-state index in [0.717, 1.165) is 11.1 Å². The maximum atomic E-state index is 12.1. The van der Waals surface area contributed by atoms with Crippen LogP contribution >= 0.6 is 0 Å². The van der Waals surface area contributed by atoms with Gasteiger partial charge in [-0.15, -0.1) is 0 Å². The zero-order valence-corrected chi connectivity index (χ0v) is 17.7. The number of benzene rings is 2. The standard InChI is InChI=1S/C24H30O4/c1-23(2,3)19-11-7-17(8-12-19)21(25)27-15-16-28-22(26)18-9-13-20(14-10-18)24(4,5)6/h7-14H,15-16H2,1-6H3. The molecule has 4 nitrogen and oxygen atoms in total. The molecule has 0 fully saturated rings. The highest BCUT2D eigenvalue weighted by molar-refractivity contribution is 5.90. The maximum absolute atomic E-state index is 12.1. The predicted octanol–water partition coefficient (Wildman–Crippen LogP) is 5.30. The van der Waals surface area contributed by atoms with Crippen molar-refractivity contribution in [2.45, 2.75) is 52.4 Å². The summed E-state index contributed by atoms with van der Waals surface area (Å²) in [4.78, 5) is 24.2. The molecule has 0 aliphatic carbocycles. The van der Waals surface area contributed by atoms with E-state index in [1.165, 1.54) is 0 Å². The average Bonchev–Trinajstić information content (AvgIpc) is 2.63. The van der Waals surface area contributed by atoms with Gasteiger partial charge in [-0.05, 0) is 46.2 Å². The first-order valence-corrected chi connectivity index (χ1v) is 9.54. The Labute approximate surface area is 167 Å². The van der Waals surface area contributed by atoms with Gasteiger partial charge in [-0.1, -0.05) is 65.8 Å². The second kappa shape index (κ2) is 8.59. The minimum Gasteiger partial charge on any atom is -0.458 e. The predicted molar refractivity (Wildman–Crippen MR) is 111 cm³/mol. The molecular formula is C24H30O4. The molecule has 2 aromatic carbocycles. The van der Waals surface area contributed by atoms with Crippen molar-refractivity contribution in [3.8, 4) is 0 Å². The maximum Gasteiger partial charge on any atom is 0.338 e. The Morgan fingerprint density at radius 2 is 0.893 bits per heavy atom. The quantitative estimate of drug-likeness (QED) is 0.520. The highest BCUT2D eigenvalue weighted by Crippen LogP contribution is 2.23. The van der Waals surface area contributed by atoms with Gasteiger partial charge in [0.05, 0.1) is 11.1 Å². The van der Waals surface area contributed by atoms with Crippen molar-refractivity contribution in [3.63, 3.8) is 0 Å². The third-order valence-corrected chi connectivity index (χ3v) is 4.52. The summed E-state index contributed by atoms with van der Waals surface area (Å²) in [6.45, 7) is 12.7. The summed E-state index contributed by atoms with van der Waals surface area (Å²) in [6, 6.07) is 14.7. The molecule has 2 aromatic rings. The third kappa shape index (κ3) is 5.95. The zero-order valence-electron chi connectivity index (χ0n) is 17.7. The number of esters is 2. The second-order valence-electron chi connectivity index (χ2n) is 8.93. The Kier molecular flexibility index (Phi) is 6.65. The summed E-state index contributed by atoms with van der Waals surface area (Å²) in [6.07, 6.45) is 0. The SMILES string of the molecule is CC(C)(C)c1ccc(C(=O)OCCOC(=O)c2ccc(C(C)(C)C)cc2)cc1. The number of carbonyl (C=O) groups excluding carboxylic acids is 2. The molecule has 0 saturated heterocycles. The van der Waals surface area contributed by atoms with Crippen molar-refractivity contribution >= 4 is 11.9 Å². The van der Waals surface area contributed by atoms with Gasteiger partial charge in [-0.3, -0.25) is 0 Å². The first-order chi connectivity index (χ1) is 13.0. The molecule has 150 valence electrons. The Morgan fingerprint density at radius 1 is 0.607 bits per heavy atom. The summed E-state index contributed by atoms with van der Waals surface area (Å²) in [5.74, 6) is -0.850. The van der Waals surface area contributed by atoms with Crippen molar-refractivity contribution in [2.75, 3.05) is 13.2 Å². The lowest BCUT2D eigenvalue weighted by atomic mass is 9.87. The number of ether oxygens (including phenoxy) is 2. The van der Waals surface area contributed by atoms with Gasteiger partial charge in [-0.25, -0.2) is 9.59 Å². The van der Waals surface area contributed by atoms with Gasteiger partial charge in [0.25, 0.3) is 0 Å². The van der Waals surface area contributed by atoms with Crippen molar-refractivity contribution in [2.24, 2.45) is 0 Å². The Bertz CT molecular complexity index is 732. The third-order valence-electron chi connectivity index (χ3n) is 4.52. The summed E-state index contributed by atoms with van der Waals surface area (Å²) < 4.78 is 10.4. The number of hydrogen-bond acceptors (Lipinski definition) is 4. The van der Waals surface area contributed by atoms with E-state index < -0.39 is 11.9 Å². The molecule has 0 aliphatic rings. The molecule has 0 unspecified atom stereocenters. The van der Waals surface area contributed by atoms with Crippen LogP contribution < -0.4 is 0 Å². The normalized spacial score (nSPS) is 11.8. The van der Waals surface area contributed by atoms with Gasteiger partial charge < -0.3 is 9.47 Å². The molecule has 0 bridgehead atoms. The lowest BCUT2D eigenvalue weighted by Gasteiger charge is -2.19. The van der Waals surface area contributed by atoms with Crippen LogP contribution in [0.3, 0.4) is 0 Å². The molecule has 0 atom stereocenters. The van der Waals surface area contributed by atoms with Crippen molar-refractivity contribution < 1.29 is 19.1 Å². The van der Waals surface area contributed by atoms with Gasteiger partial charge in [0.2, 0.25) is 0 Å². The van der Waals surface area contributed by atoms with E-state index >= 15 is 0 Å². The van der Waals surface area contributed by atoms with Crippen molar-refractivity contribution in [1.29, 1.82) is 0 Å². The molecule has 28 heavy (non-hydrogen) atoms. The number of carbonyl (C=O) groups is 2. The van der Waals surface area contributed by atoms with E-state index in [9.17, 15) is 9.59 Å². The molecule has 0 aliphatic heterocycles. The van der Waals surface area contributed by atoms with E-state index in [-0.39, 0.29) is 24.0 Å². The first-order valence-electron chi connectivity index (χ1n) is 9.54. The molecule has 0 amide bonds. The highest BCUT2D eigenvalue weighted by Gasteiger charge is 2.16. The van der Waals surface area contributed by atoms with Crippen molar-refractivity contribution in [1.82, 2.24) is 0 Å². The molecule has 0 N–H and O–H groups in total. The molecular weight excluding hydrogens is 352 g/mol. The van der Waals surface area contributed by atoms with E-state index in [1.807, 2.05) is 24.3 Å². The van der Waals surface area contributed by atoms with Crippen LogP contribution in [0.4, 0.5) is 0 Å². The molecule has 0 saturated carbocycles. The summed E-state index contributed by atoms with van der Waals surface area (Å²) in [7, 11) is 0. The van der Waals surface area contributed by atoms with E-state index in [0.29, 0.717) is 11.1 Å². The highest BCUT2D eigenvalue weighted by atomic mass is 16.6. The topological polar surface area (TPSA) is 52.6 Å². The fourth-order valence-corrected chi connectivity index (χ4v) is 2.65. The van der Waals surface area contributed by atoms with E-state index in [2.05, 4.69) is 41.5 Å². The molecule has 0 aromatic heterocycles. The summed E-state index contributed by atoms with van der Waals surface area (Å²) in [5, 5.41) is 0. The summed E-state index contributed by atoms with van der Waals surface area (Å²) in [5.41, 5.74) is 3.32. The monoisotopic (exact) mass is 382 g/mol. The Hall–Kier alpha value is -2.62. The van der Waals surface area contributed by atoms with Crippen LogP contribution in [0.15, 0.2) is 48.5 Å². The smallest absolute Gasteiger partial charge is 0.338 e.